The van der Waals surface area contributed by atoms with Gasteiger partial charge < -0.3 is 11.1 Å². The summed E-state index contributed by atoms with van der Waals surface area (Å²) in [5.41, 5.74) is 5.31. The Bertz CT molecular complexity index is 348. The van der Waals surface area contributed by atoms with E-state index in [2.05, 4.69) is 5.32 Å². The largest absolute Gasteiger partial charge is 0.359 e. The normalized spacial score (nSPS) is 19.2. The molecule has 1 fully saturated rings. The van der Waals surface area contributed by atoms with Gasteiger partial charge in [0.2, 0.25) is 15.9 Å². The van der Waals surface area contributed by atoms with E-state index in [1.165, 1.54) is 4.31 Å². The Morgan fingerprint density at radius 2 is 2.00 bits per heavy atom. The van der Waals surface area contributed by atoms with Crippen molar-refractivity contribution in [2.45, 2.75) is 19.3 Å². The van der Waals surface area contributed by atoms with Crippen LogP contribution in [0, 0.1) is 5.92 Å². The zero-order valence-corrected chi connectivity index (χ0v) is 11.0. The molecule has 1 aliphatic rings. The van der Waals surface area contributed by atoms with E-state index < -0.39 is 10.0 Å². The summed E-state index contributed by atoms with van der Waals surface area (Å²) in [5.74, 6) is 0.0543. The Labute approximate surface area is 103 Å². The molecule has 1 saturated heterocycles. The Morgan fingerprint density at radius 3 is 2.47 bits per heavy atom. The molecule has 1 heterocycles. The van der Waals surface area contributed by atoms with Gasteiger partial charge in [0.15, 0.2) is 0 Å². The molecule has 0 radical (unpaired) electrons. The molecule has 0 aliphatic carbocycles. The van der Waals surface area contributed by atoms with Crippen LogP contribution in [0.4, 0.5) is 0 Å². The number of sulfonamides is 1. The molecule has 7 heteroatoms. The van der Waals surface area contributed by atoms with Gasteiger partial charge in [-0.25, -0.2) is 12.7 Å². The quantitative estimate of drug-likeness (QED) is 0.674. The highest BCUT2D eigenvalue weighted by atomic mass is 32.2. The lowest BCUT2D eigenvalue weighted by Crippen LogP contribution is -2.43. The smallest absolute Gasteiger partial charge is 0.222 e. The number of hydrogen-bond acceptors (Lipinski definition) is 4. The summed E-state index contributed by atoms with van der Waals surface area (Å²) in [6.07, 6.45) is 1.68. The Hall–Kier alpha value is -0.660. The van der Waals surface area contributed by atoms with Crippen molar-refractivity contribution in [1.82, 2.24) is 9.62 Å². The molecule has 0 aromatic carbocycles. The second-order valence-electron chi connectivity index (χ2n) is 4.25. The molecule has 0 saturated carbocycles. The predicted molar refractivity (Wildman–Crippen MR) is 65.8 cm³/mol. The number of amides is 1. The van der Waals surface area contributed by atoms with E-state index in [-0.39, 0.29) is 17.6 Å². The zero-order valence-electron chi connectivity index (χ0n) is 10.2. The standard InChI is InChI=1S/C10H21N3O3S/c1-12-10(14)9-3-6-13(7-4-9)17(15,16)8-2-5-11/h9H,2-8,11H2,1H3,(H,12,14). The molecule has 6 nitrogen and oxygen atoms in total. The van der Waals surface area contributed by atoms with Crippen LogP contribution in [0.5, 0.6) is 0 Å². The first kappa shape index (κ1) is 14.4. The van der Waals surface area contributed by atoms with Crippen molar-refractivity contribution < 1.29 is 13.2 Å². The van der Waals surface area contributed by atoms with Crippen molar-refractivity contribution >= 4 is 15.9 Å². The molecular formula is C10H21N3O3S. The van der Waals surface area contributed by atoms with Crippen LogP contribution in [0.25, 0.3) is 0 Å². The summed E-state index contributed by atoms with van der Waals surface area (Å²) in [6, 6.07) is 0. The van der Waals surface area contributed by atoms with Gasteiger partial charge in [-0.2, -0.15) is 0 Å². The third kappa shape index (κ3) is 3.93. The molecule has 1 rings (SSSR count). The Balaban J connectivity index is 2.49. The summed E-state index contributed by atoms with van der Waals surface area (Å²) < 4.78 is 25.2. The van der Waals surface area contributed by atoms with E-state index in [4.69, 9.17) is 5.73 Å². The number of rotatable bonds is 5. The molecule has 100 valence electrons. The Morgan fingerprint density at radius 1 is 1.41 bits per heavy atom. The molecule has 0 unspecified atom stereocenters. The summed E-state index contributed by atoms with van der Waals surface area (Å²) >= 11 is 0. The van der Waals surface area contributed by atoms with Crippen LogP contribution in [0.1, 0.15) is 19.3 Å². The number of carbonyl (C=O) groups is 1. The number of nitrogens with zero attached hydrogens (tertiary/aromatic N) is 1. The Kier molecular flexibility index (Phi) is 5.35. The van der Waals surface area contributed by atoms with Crippen LogP contribution >= 0.6 is 0 Å². The van der Waals surface area contributed by atoms with Crippen LogP contribution in [0.15, 0.2) is 0 Å². The molecule has 0 bridgehead atoms. The second-order valence-corrected chi connectivity index (χ2v) is 6.33. The van der Waals surface area contributed by atoms with Crippen LogP contribution < -0.4 is 11.1 Å². The van der Waals surface area contributed by atoms with Crippen LogP contribution in [0.3, 0.4) is 0 Å². The fourth-order valence-corrected chi connectivity index (χ4v) is 3.55. The van der Waals surface area contributed by atoms with Crippen LogP contribution in [0.2, 0.25) is 0 Å². The van der Waals surface area contributed by atoms with E-state index in [1.54, 1.807) is 7.05 Å². The molecule has 0 atom stereocenters. The highest BCUT2D eigenvalue weighted by Gasteiger charge is 2.30. The van der Waals surface area contributed by atoms with Crippen molar-refractivity contribution in [1.29, 1.82) is 0 Å². The lowest BCUT2D eigenvalue weighted by Gasteiger charge is -2.30. The fraction of sp³-hybridized carbons (Fsp3) is 0.900. The first-order valence-corrected chi connectivity index (χ1v) is 7.51. The van der Waals surface area contributed by atoms with Crippen molar-refractivity contribution in [3.63, 3.8) is 0 Å². The van der Waals surface area contributed by atoms with Gasteiger partial charge in [-0.15, -0.1) is 0 Å². The molecular weight excluding hydrogens is 242 g/mol. The monoisotopic (exact) mass is 263 g/mol. The minimum atomic E-state index is -3.18. The van der Waals surface area contributed by atoms with E-state index in [9.17, 15) is 13.2 Å². The van der Waals surface area contributed by atoms with Crippen molar-refractivity contribution in [2.75, 3.05) is 32.4 Å². The van der Waals surface area contributed by atoms with Gasteiger partial charge in [0.25, 0.3) is 0 Å². The predicted octanol–water partition coefficient (Wildman–Crippen LogP) is -0.877. The molecule has 0 aromatic rings. The summed E-state index contributed by atoms with van der Waals surface area (Å²) in [7, 11) is -1.58. The van der Waals surface area contributed by atoms with Gasteiger partial charge in [0.05, 0.1) is 5.75 Å². The maximum atomic E-state index is 11.9. The molecule has 0 aromatic heterocycles. The molecule has 1 amide bonds. The minimum absolute atomic E-state index is 0.00371. The first-order chi connectivity index (χ1) is 8.01. The maximum Gasteiger partial charge on any atom is 0.222 e. The number of hydrogen-bond donors (Lipinski definition) is 2. The van der Waals surface area contributed by atoms with Gasteiger partial charge in [-0.3, -0.25) is 4.79 Å². The molecule has 3 N–H and O–H groups in total. The first-order valence-electron chi connectivity index (χ1n) is 5.90. The number of piperidine rings is 1. The maximum absolute atomic E-state index is 11.9. The molecule has 17 heavy (non-hydrogen) atoms. The zero-order chi connectivity index (χ0) is 12.9. The van der Waals surface area contributed by atoms with Gasteiger partial charge in [0, 0.05) is 26.1 Å². The lowest BCUT2D eigenvalue weighted by atomic mass is 9.97. The summed E-state index contributed by atoms with van der Waals surface area (Å²) in [4.78, 5) is 11.4. The van der Waals surface area contributed by atoms with Crippen LogP contribution in [-0.2, 0) is 14.8 Å². The number of nitrogens with one attached hydrogen (secondary N) is 1. The average molecular weight is 263 g/mol. The van der Waals surface area contributed by atoms with Gasteiger partial charge in [-0.05, 0) is 25.8 Å². The van der Waals surface area contributed by atoms with Gasteiger partial charge in [-0.1, -0.05) is 0 Å². The van der Waals surface area contributed by atoms with Gasteiger partial charge in [0.1, 0.15) is 0 Å². The van der Waals surface area contributed by atoms with Crippen LogP contribution in [-0.4, -0.2) is 51.1 Å². The van der Waals surface area contributed by atoms with E-state index in [1.807, 2.05) is 0 Å². The van der Waals surface area contributed by atoms with Gasteiger partial charge >= 0.3 is 0 Å². The summed E-state index contributed by atoms with van der Waals surface area (Å²) in [6.45, 7) is 1.25. The summed E-state index contributed by atoms with van der Waals surface area (Å²) in [5, 5.41) is 2.60. The van der Waals surface area contributed by atoms with Crippen molar-refractivity contribution in [2.24, 2.45) is 11.7 Å². The second kappa shape index (κ2) is 6.32. The van der Waals surface area contributed by atoms with E-state index >= 15 is 0 Å². The van der Waals surface area contributed by atoms with Crippen molar-refractivity contribution in [3.05, 3.63) is 0 Å². The fourth-order valence-electron chi connectivity index (χ4n) is 2.00. The molecule has 0 spiro atoms. The highest BCUT2D eigenvalue weighted by molar-refractivity contribution is 7.89. The topological polar surface area (TPSA) is 92.5 Å². The highest BCUT2D eigenvalue weighted by Crippen LogP contribution is 2.20. The average Bonchev–Trinajstić information content (AvgIpc) is 2.35. The SMILES string of the molecule is CNC(=O)C1CCN(S(=O)(=O)CCCN)CC1. The lowest BCUT2D eigenvalue weighted by molar-refractivity contribution is -0.125. The van der Waals surface area contributed by atoms with E-state index in [0.29, 0.717) is 38.9 Å². The third-order valence-corrected chi connectivity index (χ3v) is 5.03. The van der Waals surface area contributed by atoms with Crippen molar-refractivity contribution in [3.8, 4) is 0 Å². The minimum Gasteiger partial charge on any atom is -0.359 e. The number of carbonyl (C=O) groups excluding carboxylic acids is 1. The molecule has 1 aliphatic heterocycles. The number of nitrogens with two attached hydrogens (primary N) is 1. The van der Waals surface area contributed by atoms with E-state index in [0.717, 1.165) is 0 Å². The third-order valence-electron chi connectivity index (χ3n) is 3.07.